The standard InChI is InChI=1S/C14H26O5S.Na.H/c1-3-4-5-6-7-8-9-10-11-12-14(16)19-20(17)18-13(2)15;;/h3-12H2,1-2H3;;. The first-order chi connectivity index (χ1) is 9.56. The summed E-state index contributed by atoms with van der Waals surface area (Å²) in [5.41, 5.74) is 0. The molecule has 1 atom stereocenters. The third-order valence-corrected chi connectivity index (χ3v) is 3.52. The van der Waals surface area contributed by atoms with Crippen LogP contribution < -0.4 is 0 Å². The van der Waals surface area contributed by atoms with Gasteiger partial charge in [0.1, 0.15) is 0 Å². The van der Waals surface area contributed by atoms with Crippen LogP contribution in [0.1, 0.15) is 78.1 Å². The van der Waals surface area contributed by atoms with Gasteiger partial charge in [-0.3, -0.25) is 9.59 Å². The van der Waals surface area contributed by atoms with Crippen molar-refractivity contribution in [2.24, 2.45) is 0 Å². The van der Waals surface area contributed by atoms with Gasteiger partial charge in [0.25, 0.3) is 0 Å². The van der Waals surface area contributed by atoms with E-state index < -0.39 is 23.3 Å². The molecular weight excluding hydrogens is 303 g/mol. The molecular formula is C14H27NaO5S. The van der Waals surface area contributed by atoms with Crippen LogP contribution in [0.4, 0.5) is 0 Å². The van der Waals surface area contributed by atoms with E-state index in [9.17, 15) is 13.8 Å². The molecule has 0 aromatic carbocycles. The molecule has 7 heteroatoms. The van der Waals surface area contributed by atoms with E-state index >= 15 is 0 Å². The van der Waals surface area contributed by atoms with Crippen molar-refractivity contribution in [1.82, 2.24) is 0 Å². The van der Waals surface area contributed by atoms with E-state index in [4.69, 9.17) is 0 Å². The van der Waals surface area contributed by atoms with Crippen LogP contribution >= 0.6 is 0 Å². The Balaban J connectivity index is 0. The van der Waals surface area contributed by atoms with Gasteiger partial charge in [0, 0.05) is 13.3 Å². The van der Waals surface area contributed by atoms with Gasteiger partial charge < -0.3 is 8.37 Å². The van der Waals surface area contributed by atoms with Crippen molar-refractivity contribution >= 4 is 52.9 Å². The zero-order chi connectivity index (χ0) is 15.2. The maximum atomic E-state index is 11.2. The Morgan fingerprint density at radius 3 is 1.81 bits per heavy atom. The Morgan fingerprint density at radius 1 is 0.857 bits per heavy atom. The summed E-state index contributed by atoms with van der Waals surface area (Å²) in [5, 5.41) is 0. The molecule has 0 radical (unpaired) electrons. The van der Waals surface area contributed by atoms with Gasteiger partial charge >= 0.3 is 52.9 Å². The van der Waals surface area contributed by atoms with Crippen LogP contribution in [-0.4, -0.2) is 45.7 Å². The van der Waals surface area contributed by atoms with Gasteiger partial charge in [-0.1, -0.05) is 58.3 Å². The number of carbonyl (C=O) groups is 2. The first-order valence-corrected chi connectivity index (χ1v) is 8.38. The van der Waals surface area contributed by atoms with Crippen molar-refractivity contribution in [2.75, 3.05) is 0 Å². The average Bonchev–Trinajstić information content (AvgIpc) is 2.35. The van der Waals surface area contributed by atoms with E-state index in [2.05, 4.69) is 15.3 Å². The number of carbonyl (C=O) groups excluding carboxylic acids is 2. The first kappa shape index (κ1) is 23.4. The molecule has 0 heterocycles. The fraction of sp³-hybridized carbons (Fsp3) is 0.857. The molecule has 0 aromatic heterocycles. The Kier molecular flexibility index (Phi) is 18.3. The van der Waals surface area contributed by atoms with Gasteiger partial charge in [-0.05, 0) is 6.42 Å². The maximum absolute atomic E-state index is 11.2. The van der Waals surface area contributed by atoms with E-state index in [-0.39, 0.29) is 36.0 Å². The molecule has 0 spiro atoms. The molecule has 0 bridgehead atoms. The van der Waals surface area contributed by atoms with E-state index in [0.717, 1.165) is 19.8 Å². The zero-order valence-electron chi connectivity index (χ0n) is 12.5. The van der Waals surface area contributed by atoms with E-state index in [0.29, 0.717) is 6.42 Å². The van der Waals surface area contributed by atoms with Crippen molar-refractivity contribution in [1.29, 1.82) is 0 Å². The second kappa shape index (κ2) is 16.5. The van der Waals surface area contributed by atoms with E-state index in [1.54, 1.807) is 0 Å². The molecule has 0 aliphatic rings. The second-order valence-electron chi connectivity index (χ2n) is 4.81. The zero-order valence-corrected chi connectivity index (χ0v) is 13.3. The van der Waals surface area contributed by atoms with Crippen LogP contribution in [0.15, 0.2) is 0 Å². The molecule has 21 heavy (non-hydrogen) atoms. The SMILES string of the molecule is CCCCCCCCCCCC(=O)OS(=O)OC(C)=O.[NaH]. The predicted octanol–water partition coefficient (Wildman–Crippen LogP) is 2.94. The summed E-state index contributed by atoms with van der Waals surface area (Å²) < 4.78 is 19.6. The summed E-state index contributed by atoms with van der Waals surface area (Å²) >= 11 is -2.29. The van der Waals surface area contributed by atoms with Gasteiger partial charge in [-0.2, -0.15) is 4.21 Å². The molecule has 0 fully saturated rings. The molecule has 0 aliphatic heterocycles. The summed E-state index contributed by atoms with van der Waals surface area (Å²) in [6, 6.07) is 0. The summed E-state index contributed by atoms with van der Waals surface area (Å²) in [4.78, 5) is 21.7. The topological polar surface area (TPSA) is 69.7 Å². The monoisotopic (exact) mass is 330 g/mol. The molecule has 0 rings (SSSR count). The van der Waals surface area contributed by atoms with Crippen LogP contribution in [-0.2, 0) is 29.3 Å². The molecule has 0 amide bonds. The van der Waals surface area contributed by atoms with Gasteiger partial charge in [-0.15, -0.1) is 0 Å². The predicted molar refractivity (Wildman–Crippen MR) is 85.0 cm³/mol. The van der Waals surface area contributed by atoms with Crippen molar-refractivity contribution in [3.05, 3.63) is 0 Å². The third-order valence-electron chi connectivity index (χ3n) is 2.83. The Hall–Kier alpha value is 0.0900. The molecule has 0 saturated heterocycles. The minimum atomic E-state index is -2.29. The summed E-state index contributed by atoms with van der Waals surface area (Å²) in [6.45, 7) is 3.31. The van der Waals surface area contributed by atoms with Gasteiger partial charge in [-0.25, -0.2) is 0 Å². The van der Waals surface area contributed by atoms with Crippen molar-refractivity contribution in [2.45, 2.75) is 78.1 Å². The van der Waals surface area contributed by atoms with Crippen molar-refractivity contribution in [3.63, 3.8) is 0 Å². The summed E-state index contributed by atoms with van der Waals surface area (Å²) in [6.07, 6.45) is 10.6. The first-order valence-electron chi connectivity index (χ1n) is 7.38. The normalized spacial score (nSPS) is 11.3. The van der Waals surface area contributed by atoms with E-state index in [1.807, 2.05) is 0 Å². The average molecular weight is 330 g/mol. The summed E-state index contributed by atoms with van der Waals surface area (Å²) in [5.74, 6) is -1.33. The fourth-order valence-electron chi connectivity index (χ4n) is 1.81. The molecule has 0 saturated carbocycles. The van der Waals surface area contributed by atoms with Gasteiger partial charge in [0.2, 0.25) is 0 Å². The Morgan fingerprint density at radius 2 is 1.33 bits per heavy atom. The van der Waals surface area contributed by atoms with Crippen molar-refractivity contribution in [3.8, 4) is 0 Å². The number of rotatable bonds is 12. The number of unbranched alkanes of at least 4 members (excludes halogenated alkanes) is 8. The molecule has 5 nitrogen and oxygen atoms in total. The molecule has 120 valence electrons. The third kappa shape index (κ3) is 18.0. The number of hydrogen-bond acceptors (Lipinski definition) is 5. The Labute approximate surface area is 152 Å². The number of hydrogen-bond donors (Lipinski definition) is 0. The molecule has 1 unspecified atom stereocenters. The van der Waals surface area contributed by atoms with Crippen LogP contribution in [0.3, 0.4) is 0 Å². The minimum absolute atomic E-state index is 0. The fourth-order valence-corrected chi connectivity index (χ4v) is 2.27. The second-order valence-corrected chi connectivity index (χ2v) is 5.55. The Bertz CT molecular complexity index is 310. The van der Waals surface area contributed by atoms with Crippen LogP contribution in [0.2, 0.25) is 0 Å². The van der Waals surface area contributed by atoms with Crippen molar-refractivity contribution < 1.29 is 22.2 Å². The molecule has 0 N–H and O–H groups in total. The summed E-state index contributed by atoms with van der Waals surface area (Å²) in [7, 11) is 0. The van der Waals surface area contributed by atoms with Crippen LogP contribution in [0.5, 0.6) is 0 Å². The molecule has 0 aliphatic carbocycles. The van der Waals surface area contributed by atoms with E-state index in [1.165, 1.54) is 38.5 Å². The molecule has 0 aromatic rings. The quantitative estimate of drug-likeness (QED) is 0.406. The van der Waals surface area contributed by atoms with Gasteiger partial charge in [0.05, 0.1) is 0 Å². The van der Waals surface area contributed by atoms with Crippen LogP contribution in [0, 0.1) is 0 Å². The van der Waals surface area contributed by atoms with Crippen LogP contribution in [0.25, 0.3) is 0 Å². The van der Waals surface area contributed by atoms with Gasteiger partial charge in [0.15, 0.2) is 0 Å².